The zero-order valence-corrected chi connectivity index (χ0v) is 12.5. The molecule has 7 heteroatoms. The molecule has 0 aromatic carbocycles. The van der Waals surface area contributed by atoms with Gasteiger partial charge in [-0.2, -0.15) is 5.10 Å². The fraction of sp³-hybridized carbons (Fsp3) is 0.750. The van der Waals surface area contributed by atoms with Gasteiger partial charge in [-0.25, -0.2) is 13.1 Å². The highest BCUT2D eigenvalue weighted by Crippen LogP contribution is 2.13. The van der Waals surface area contributed by atoms with E-state index in [4.69, 9.17) is 5.11 Å². The summed E-state index contributed by atoms with van der Waals surface area (Å²) < 4.78 is 28.6. The van der Waals surface area contributed by atoms with Gasteiger partial charge in [0.1, 0.15) is 4.90 Å². The maximum absolute atomic E-state index is 12.2. The molecule has 0 fully saturated rings. The minimum Gasteiger partial charge on any atom is -0.396 e. The lowest BCUT2D eigenvalue weighted by Crippen LogP contribution is -2.37. The number of nitrogens with zero attached hydrogens (tertiary/aromatic N) is 2. The third kappa shape index (κ3) is 4.59. The number of sulfonamides is 1. The molecule has 1 atom stereocenters. The molecule has 1 heterocycles. The second-order valence-corrected chi connectivity index (χ2v) is 6.61. The second kappa shape index (κ2) is 7.02. The van der Waals surface area contributed by atoms with Crippen LogP contribution >= 0.6 is 0 Å². The molecule has 19 heavy (non-hydrogen) atoms. The van der Waals surface area contributed by atoms with E-state index >= 15 is 0 Å². The largest absolute Gasteiger partial charge is 0.396 e. The third-order valence-corrected chi connectivity index (χ3v) is 4.46. The molecule has 0 aliphatic carbocycles. The molecule has 0 amide bonds. The average molecular weight is 289 g/mol. The predicted octanol–water partition coefficient (Wildman–Crippen LogP) is 0.978. The van der Waals surface area contributed by atoms with Crippen molar-refractivity contribution >= 4 is 10.0 Å². The van der Waals surface area contributed by atoms with E-state index in [2.05, 4.69) is 9.82 Å². The molecule has 0 aliphatic heterocycles. The van der Waals surface area contributed by atoms with Crippen LogP contribution in [0.15, 0.2) is 17.3 Å². The summed E-state index contributed by atoms with van der Waals surface area (Å²) in [7, 11) is -3.52. The van der Waals surface area contributed by atoms with Crippen LogP contribution < -0.4 is 4.72 Å². The molecule has 0 saturated carbocycles. The normalized spacial score (nSPS) is 13.9. The highest BCUT2D eigenvalue weighted by Gasteiger charge is 2.22. The van der Waals surface area contributed by atoms with Crippen molar-refractivity contribution in [2.45, 2.75) is 51.1 Å². The topological polar surface area (TPSA) is 84.2 Å². The van der Waals surface area contributed by atoms with Crippen LogP contribution in [0.25, 0.3) is 0 Å². The molecule has 1 aromatic heterocycles. The number of aromatic nitrogens is 2. The lowest BCUT2D eigenvalue weighted by Gasteiger charge is -2.19. The quantitative estimate of drug-likeness (QED) is 0.747. The first-order chi connectivity index (χ1) is 8.90. The number of aliphatic hydroxyl groups is 1. The van der Waals surface area contributed by atoms with Crippen molar-refractivity contribution in [2.24, 2.45) is 5.92 Å². The van der Waals surface area contributed by atoms with Crippen molar-refractivity contribution in [2.75, 3.05) is 6.61 Å². The van der Waals surface area contributed by atoms with Crippen LogP contribution in [0.1, 0.15) is 33.6 Å². The first kappa shape index (κ1) is 16.1. The smallest absolute Gasteiger partial charge is 0.243 e. The SMILES string of the molecule is CCC(NS(=O)(=O)c1cnn(CCCO)c1)C(C)C. The molecule has 2 N–H and O–H groups in total. The average Bonchev–Trinajstić information content (AvgIpc) is 2.82. The van der Waals surface area contributed by atoms with Gasteiger partial charge in [0.25, 0.3) is 0 Å². The molecular formula is C12H23N3O3S. The van der Waals surface area contributed by atoms with E-state index in [1.54, 1.807) is 0 Å². The first-order valence-electron chi connectivity index (χ1n) is 6.56. The van der Waals surface area contributed by atoms with Gasteiger partial charge in [0.2, 0.25) is 10.0 Å². The fourth-order valence-electron chi connectivity index (χ4n) is 1.80. The van der Waals surface area contributed by atoms with Gasteiger partial charge in [0.15, 0.2) is 0 Å². The number of rotatable bonds is 8. The van der Waals surface area contributed by atoms with Crippen molar-refractivity contribution in [1.29, 1.82) is 0 Å². The Kier molecular flexibility index (Phi) is 5.96. The molecule has 6 nitrogen and oxygen atoms in total. The van der Waals surface area contributed by atoms with Gasteiger partial charge in [-0.3, -0.25) is 4.68 Å². The van der Waals surface area contributed by atoms with Crippen molar-refractivity contribution in [1.82, 2.24) is 14.5 Å². The van der Waals surface area contributed by atoms with Crippen LogP contribution in [0.4, 0.5) is 0 Å². The molecule has 1 aromatic rings. The zero-order valence-electron chi connectivity index (χ0n) is 11.7. The Morgan fingerprint density at radius 2 is 2.16 bits per heavy atom. The van der Waals surface area contributed by atoms with Crippen LogP contribution in [0.3, 0.4) is 0 Å². The van der Waals surface area contributed by atoms with Crippen LogP contribution in [0.5, 0.6) is 0 Å². The fourth-order valence-corrected chi connectivity index (χ4v) is 3.22. The molecular weight excluding hydrogens is 266 g/mol. The Bertz CT molecular complexity index is 482. The highest BCUT2D eigenvalue weighted by molar-refractivity contribution is 7.89. The van der Waals surface area contributed by atoms with E-state index in [0.717, 1.165) is 6.42 Å². The highest BCUT2D eigenvalue weighted by atomic mass is 32.2. The van der Waals surface area contributed by atoms with Crippen LogP contribution in [-0.2, 0) is 16.6 Å². The van der Waals surface area contributed by atoms with E-state index in [1.807, 2.05) is 20.8 Å². The standard InChI is InChI=1S/C12H23N3O3S/c1-4-12(10(2)3)14-19(17,18)11-8-13-15(9-11)6-5-7-16/h8-10,12,14,16H,4-7H2,1-3H3. The van der Waals surface area contributed by atoms with Crippen LogP contribution in [-0.4, -0.2) is 36.0 Å². The van der Waals surface area contributed by atoms with Crippen LogP contribution in [0, 0.1) is 5.92 Å². The maximum atomic E-state index is 12.2. The Labute approximate surface area is 114 Å². The Hall–Kier alpha value is -0.920. The Balaban J connectivity index is 2.79. The minimum absolute atomic E-state index is 0.0610. The molecule has 0 saturated heterocycles. The molecule has 1 unspecified atom stereocenters. The number of hydrogen-bond donors (Lipinski definition) is 2. The summed E-state index contributed by atoms with van der Waals surface area (Å²) >= 11 is 0. The van der Waals surface area contributed by atoms with Gasteiger partial charge in [-0.1, -0.05) is 20.8 Å². The lowest BCUT2D eigenvalue weighted by molar-refractivity contribution is 0.277. The van der Waals surface area contributed by atoms with Crippen LogP contribution in [0.2, 0.25) is 0 Å². The van der Waals surface area contributed by atoms with Gasteiger partial charge in [-0.05, 0) is 18.8 Å². The van der Waals surface area contributed by atoms with Gasteiger partial charge in [-0.15, -0.1) is 0 Å². The van der Waals surface area contributed by atoms with Gasteiger partial charge >= 0.3 is 0 Å². The summed E-state index contributed by atoms with van der Waals surface area (Å²) in [6, 6.07) is -0.0780. The Morgan fingerprint density at radius 1 is 1.47 bits per heavy atom. The van der Waals surface area contributed by atoms with Crippen molar-refractivity contribution in [3.8, 4) is 0 Å². The first-order valence-corrected chi connectivity index (χ1v) is 8.04. The third-order valence-electron chi connectivity index (χ3n) is 3.02. The zero-order chi connectivity index (χ0) is 14.5. The molecule has 1 rings (SSSR count). The molecule has 0 aliphatic rings. The van der Waals surface area contributed by atoms with E-state index in [1.165, 1.54) is 17.1 Å². The second-order valence-electron chi connectivity index (χ2n) is 4.90. The van der Waals surface area contributed by atoms with Gasteiger partial charge < -0.3 is 5.11 Å². The predicted molar refractivity (Wildman–Crippen MR) is 73.2 cm³/mol. The molecule has 110 valence electrons. The van der Waals surface area contributed by atoms with Crippen molar-refractivity contribution < 1.29 is 13.5 Å². The van der Waals surface area contributed by atoms with E-state index < -0.39 is 10.0 Å². The molecule has 0 spiro atoms. The summed E-state index contributed by atoms with van der Waals surface area (Å²) in [6.07, 6.45) is 4.13. The van der Waals surface area contributed by atoms with Crippen molar-refractivity contribution in [3.63, 3.8) is 0 Å². The summed E-state index contributed by atoms with van der Waals surface area (Å²) in [6.45, 7) is 6.50. The van der Waals surface area contributed by atoms with E-state index in [-0.39, 0.29) is 23.5 Å². The van der Waals surface area contributed by atoms with Crippen molar-refractivity contribution in [3.05, 3.63) is 12.4 Å². The van der Waals surface area contributed by atoms with E-state index in [0.29, 0.717) is 13.0 Å². The molecule has 0 bridgehead atoms. The summed E-state index contributed by atoms with van der Waals surface area (Å²) in [5.41, 5.74) is 0. The number of aryl methyl sites for hydroxylation is 1. The monoisotopic (exact) mass is 289 g/mol. The maximum Gasteiger partial charge on any atom is 0.243 e. The Morgan fingerprint density at radius 3 is 2.68 bits per heavy atom. The van der Waals surface area contributed by atoms with Gasteiger partial charge in [0.05, 0.1) is 6.20 Å². The minimum atomic E-state index is -3.52. The number of hydrogen-bond acceptors (Lipinski definition) is 4. The van der Waals surface area contributed by atoms with E-state index in [9.17, 15) is 8.42 Å². The van der Waals surface area contributed by atoms with Gasteiger partial charge in [0, 0.05) is 25.4 Å². The molecule has 0 radical (unpaired) electrons. The lowest BCUT2D eigenvalue weighted by atomic mass is 10.0. The number of aliphatic hydroxyl groups excluding tert-OH is 1. The summed E-state index contributed by atoms with van der Waals surface area (Å²) in [5, 5.41) is 12.7. The summed E-state index contributed by atoms with van der Waals surface area (Å²) in [4.78, 5) is 0.171. The summed E-state index contributed by atoms with van der Waals surface area (Å²) in [5.74, 6) is 0.240. The number of nitrogens with one attached hydrogen (secondary N) is 1.